The zero-order chi connectivity index (χ0) is 12.5. The first-order valence-electron chi connectivity index (χ1n) is 6.09. The van der Waals surface area contributed by atoms with Crippen molar-refractivity contribution < 1.29 is 4.79 Å². The summed E-state index contributed by atoms with van der Waals surface area (Å²) in [6, 6.07) is 0. The molecule has 3 atom stereocenters. The molecule has 0 radical (unpaired) electrons. The van der Waals surface area contributed by atoms with Crippen LogP contribution in [0.25, 0.3) is 0 Å². The highest BCUT2D eigenvalue weighted by atomic mass is 127. The number of rotatable bonds is 3. The SMILES string of the molecule is C=C1C(I)CC(C)C(C)(C)C1CCC(C)=O. The number of alkyl halides is 1. The minimum atomic E-state index is 0.286. The molecule has 3 unspecified atom stereocenters. The average Bonchev–Trinajstić information content (AvgIpc) is 2.14. The molecule has 0 spiro atoms. The third kappa shape index (κ3) is 2.88. The van der Waals surface area contributed by atoms with Crippen molar-refractivity contribution in [1.29, 1.82) is 0 Å². The van der Waals surface area contributed by atoms with E-state index in [4.69, 9.17) is 0 Å². The van der Waals surface area contributed by atoms with E-state index in [1.54, 1.807) is 6.92 Å². The number of ketones is 1. The molecule has 1 fully saturated rings. The van der Waals surface area contributed by atoms with E-state index in [9.17, 15) is 4.79 Å². The smallest absolute Gasteiger partial charge is 0.129 e. The Hall–Kier alpha value is 0.140. The van der Waals surface area contributed by atoms with E-state index >= 15 is 0 Å². The normalized spacial score (nSPS) is 33.8. The number of allylic oxidation sites excluding steroid dienone is 1. The number of hydrogen-bond donors (Lipinski definition) is 0. The second-order valence-electron chi connectivity index (χ2n) is 5.79. The topological polar surface area (TPSA) is 17.1 Å². The Bertz CT molecular complexity index is 293. The molecular formula is C14H23IO. The number of carbonyl (C=O) groups excluding carboxylic acids is 1. The molecule has 1 saturated carbocycles. The van der Waals surface area contributed by atoms with Gasteiger partial charge < -0.3 is 4.79 Å². The first kappa shape index (κ1) is 14.2. The van der Waals surface area contributed by atoms with E-state index in [0.717, 1.165) is 6.42 Å². The maximum atomic E-state index is 11.1. The van der Waals surface area contributed by atoms with Crippen LogP contribution in [0.5, 0.6) is 0 Å². The van der Waals surface area contributed by atoms with Crippen molar-refractivity contribution >= 4 is 28.4 Å². The Labute approximate surface area is 113 Å². The van der Waals surface area contributed by atoms with Crippen LogP contribution in [0.2, 0.25) is 0 Å². The van der Waals surface area contributed by atoms with Gasteiger partial charge >= 0.3 is 0 Å². The van der Waals surface area contributed by atoms with Crippen LogP contribution in [-0.2, 0) is 4.79 Å². The quantitative estimate of drug-likeness (QED) is 0.425. The first-order valence-corrected chi connectivity index (χ1v) is 7.33. The lowest BCUT2D eigenvalue weighted by atomic mass is 9.60. The molecule has 92 valence electrons. The number of halogens is 1. The zero-order valence-corrected chi connectivity index (χ0v) is 13.0. The Morgan fingerprint density at radius 3 is 2.62 bits per heavy atom. The summed E-state index contributed by atoms with van der Waals surface area (Å²) in [6.45, 7) is 12.9. The van der Waals surface area contributed by atoms with Crippen LogP contribution in [0.15, 0.2) is 12.2 Å². The van der Waals surface area contributed by atoms with Gasteiger partial charge in [-0.1, -0.05) is 55.5 Å². The van der Waals surface area contributed by atoms with Crippen LogP contribution >= 0.6 is 22.6 Å². The van der Waals surface area contributed by atoms with E-state index < -0.39 is 0 Å². The molecule has 0 amide bonds. The zero-order valence-electron chi connectivity index (χ0n) is 10.8. The third-order valence-corrected chi connectivity index (χ3v) is 5.67. The maximum absolute atomic E-state index is 11.1. The van der Waals surface area contributed by atoms with Crippen LogP contribution in [0.3, 0.4) is 0 Å². The molecule has 0 saturated heterocycles. The fourth-order valence-electron chi connectivity index (χ4n) is 2.71. The Balaban J connectivity index is 2.82. The van der Waals surface area contributed by atoms with Crippen LogP contribution < -0.4 is 0 Å². The Kier molecular flexibility index (Phi) is 4.61. The van der Waals surface area contributed by atoms with Crippen molar-refractivity contribution in [3.05, 3.63) is 12.2 Å². The van der Waals surface area contributed by atoms with Gasteiger partial charge in [0.25, 0.3) is 0 Å². The van der Waals surface area contributed by atoms with Crippen molar-refractivity contribution in [3.8, 4) is 0 Å². The highest BCUT2D eigenvalue weighted by molar-refractivity contribution is 14.1. The number of Topliss-reactive ketones (excluding diaryl/α,β-unsaturated/α-hetero) is 1. The summed E-state index contributed by atoms with van der Waals surface area (Å²) in [5, 5.41) is 0. The molecule has 0 heterocycles. The van der Waals surface area contributed by atoms with E-state index in [1.807, 2.05) is 0 Å². The van der Waals surface area contributed by atoms with Crippen LogP contribution in [0.4, 0.5) is 0 Å². The summed E-state index contributed by atoms with van der Waals surface area (Å²) in [6.07, 6.45) is 2.90. The molecule has 0 bridgehead atoms. The van der Waals surface area contributed by atoms with Gasteiger partial charge in [-0.15, -0.1) is 0 Å². The van der Waals surface area contributed by atoms with Gasteiger partial charge in [0, 0.05) is 10.3 Å². The second-order valence-corrected chi connectivity index (χ2v) is 7.30. The number of carbonyl (C=O) groups is 1. The Morgan fingerprint density at radius 2 is 2.12 bits per heavy atom. The lowest BCUT2D eigenvalue weighted by Crippen LogP contribution is -2.40. The summed E-state index contributed by atoms with van der Waals surface area (Å²) >= 11 is 2.50. The largest absolute Gasteiger partial charge is 0.300 e. The van der Waals surface area contributed by atoms with Gasteiger partial charge in [-0.05, 0) is 37.0 Å². The lowest BCUT2D eigenvalue weighted by molar-refractivity contribution is -0.117. The summed E-state index contributed by atoms with van der Waals surface area (Å²) in [4.78, 5) is 11.1. The molecule has 1 rings (SSSR count). The predicted octanol–water partition coefficient (Wildman–Crippen LogP) is 4.40. The minimum absolute atomic E-state index is 0.286. The van der Waals surface area contributed by atoms with Crippen molar-refractivity contribution in [3.63, 3.8) is 0 Å². The highest BCUT2D eigenvalue weighted by Crippen LogP contribution is 2.50. The summed E-state index contributed by atoms with van der Waals surface area (Å²) in [7, 11) is 0. The number of hydrogen-bond acceptors (Lipinski definition) is 1. The van der Waals surface area contributed by atoms with E-state index in [-0.39, 0.29) is 5.41 Å². The van der Waals surface area contributed by atoms with Gasteiger partial charge in [-0.25, -0.2) is 0 Å². The first-order chi connectivity index (χ1) is 7.26. The molecule has 1 aliphatic carbocycles. The van der Waals surface area contributed by atoms with Crippen LogP contribution in [0.1, 0.15) is 47.0 Å². The minimum Gasteiger partial charge on any atom is -0.300 e. The maximum Gasteiger partial charge on any atom is 0.129 e. The predicted molar refractivity (Wildman–Crippen MR) is 77.9 cm³/mol. The van der Waals surface area contributed by atoms with Gasteiger partial charge in [0.15, 0.2) is 0 Å². The molecule has 16 heavy (non-hydrogen) atoms. The Morgan fingerprint density at radius 1 is 1.56 bits per heavy atom. The van der Waals surface area contributed by atoms with E-state index in [0.29, 0.717) is 28.0 Å². The van der Waals surface area contributed by atoms with Crippen LogP contribution in [-0.4, -0.2) is 9.71 Å². The van der Waals surface area contributed by atoms with Crippen molar-refractivity contribution in [2.75, 3.05) is 0 Å². The fraction of sp³-hybridized carbons (Fsp3) is 0.786. The molecule has 1 nitrogen and oxygen atoms in total. The van der Waals surface area contributed by atoms with Gasteiger partial charge in [-0.2, -0.15) is 0 Å². The fourth-order valence-corrected chi connectivity index (χ4v) is 3.91. The second kappa shape index (κ2) is 5.19. The molecule has 0 aromatic carbocycles. The van der Waals surface area contributed by atoms with E-state index in [1.165, 1.54) is 12.0 Å². The van der Waals surface area contributed by atoms with Crippen LogP contribution in [0, 0.1) is 17.3 Å². The summed E-state index contributed by atoms with van der Waals surface area (Å²) in [5.74, 6) is 1.51. The van der Waals surface area contributed by atoms with Gasteiger partial charge in [-0.3, -0.25) is 0 Å². The van der Waals surface area contributed by atoms with Crippen molar-refractivity contribution in [2.45, 2.75) is 50.9 Å². The summed E-state index contributed by atoms with van der Waals surface area (Å²) < 4.78 is 0.581. The summed E-state index contributed by atoms with van der Waals surface area (Å²) in [5.41, 5.74) is 1.64. The monoisotopic (exact) mass is 334 g/mol. The molecule has 0 N–H and O–H groups in total. The lowest BCUT2D eigenvalue weighted by Gasteiger charge is -2.47. The van der Waals surface area contributed by atoms with Crippen molar-refractivity contribution in [2.24, 2.45) is 17.3 Å². The van der Waals surface area contributed by atoms with Crippen molar-refractivity contribution in [1.82, 2.24) is 0 Å². The van der Waals surface area contributed by atoms with Gasteiger partial charge in [0.05, 0.1) is 0 Å². The van der Waals surface area contributed by atoms with E-state index in [2.05, 4.69) is 49.9 Å². The molecule has 0 aliphatic heterocycles. The molecule has 0 aromatic heterocycles. The standard InChI is InChI=1S/C14H23IO/c1-9-8-13(15)11(3)12(14(9,4)5)7-6-10(2)16/h9,12-13H,3,6-8H2,1-2,4-5H3. The average molecular weight is 334 g/mol. The van der Waals surface area contributed by atoms with Gasteiger partial charge in [0.1, 0.15) is 5.78 Å². The molecular weight excluding hydrogens is 311 g/mol. The molecule has 2 heteroatoms. The molecule has 1 aliphatic rings. The highest BCUT2D eigenvalue weighted by Gasteiger charge is 2.42. The third-order valence-electron chi connectivity index (χ3n) is 4.36. The molecule has 0 aromatic rings. The van der Waals surface area contributed by atoms with Gasteiger partial charge in [0.2, 0.25) is 0 Å².